The first kappa shape index (κ1) is 25.1. The van der Waals surface area contributed by atoms with E-state index in [1.54, 1.807) is 0 Å². The summed E-state index contributed by atoms with van der Waals surface area (Å²) in [5, 5.41) is 4.99. The molecule has 0 aliphatic rings. The Morgan fingerprint density at radius 2 is 1.62 bits per heavy atom. The summed E-state index contributed by atoms with van der Waals surface area (Å²) in [4.78, 5) is 23.1. The van der Waals surface area contributed by atoms with Gasteiger partial charge in [-0.15, -0.1) is 0 Å². The molecule has 32 heavy (non-hydrogen) atoms. The van der Waals surface area contributed by atoms with Crippen molar-refractivity contribution in [1.29, 1.82) is 0 Å². The van der Waals surface area contributed by atoms with Gasteiger partial charge in [0.15, 0.2) is 0 Å². The summed E-state index contributed by atoms with van der Waals surface area (Å²) in [5.41, 5.74) is -0.376. The normalized spacial score (nSPS) is 12.7. The zero-order valence-corrected chi connectivity index (χ0v) is 18.0. The molecule has 174 valence electrons. The zero-order valence-electron chi connectivity index (χ0n) is 17.2. The number of benzene rings is 2. The van der Waals surface area contributed by atoms with E-state index in [-0.39, 0.29) is 29.7 Å². The molecule has 3 N–H and O–H groups in total. The van der Waals surface area contributed by atoms with Gasteiger partial charge in [0.2, 0.25) is 21.8 Å². The molecule has 1 atom stereocenters. The molecule has 0 radical (unpaired) electrons. The molecule has 0 spiro atoms. The van der Waals surface area contributed by atoms with E-state index < -0.39 is 33.7 Å². The van der Waals surface area contributed by atoms with Crippen LogP contribution in [0.4, 0.5) is 18.9 Å². The Bertz CT molecular complexity index is 1040. The van der Waals surface area contributed by atoms with Crippen LogP contribution in [0.15, 0.2) is 53.4 Å². The fraction of sp³-hybridized carbons (Fsp3) is 0.300. The number of anilines is 1. The van der Waals surface area contributed by atoms with Crippen molar-refractivity contribution in [2.24, 2.45) is 0 Å². The number of amides is 2. The molecule has 2 rings (SSSR count). The minimum Gasteiger partial charge on any atom is -0.492 e. The first-order valence-corrected chi connectivity index (χ1v) is 10.8. The van der Waals surface area contributed by atoms with Gasteiger partial charge in [-0.25, -0.2) is 8.42 Å². The molecule has 0 saturated heterocycles. The van der Waals surface area contributed by atoms with Crippen molar-refractivity contribution in [3.05, 3.63) is 54.1 Å². The number of sulfonamides is 1. The average molecular weight is 473 g/mol. The number of rotatable bonds is 9. The van der Waals surface area contributed by atoms with Crippen LogP contribution in [0.2, 0.25) is 0 Å². The second-order valence-corrected chi connectivity index (χ2v) is 8.42. The van der Waals surface area contributed by atoms with Crippen LogP contribution in [0.3, 0.4) is 0 Å². The predicted octanol–water partition coefficient (Wildman–Crippen LogP) is 2.53. The molecular weight excluding hydrogens is 451 g/mol. The van der Waals surface area contributed by atoms with Crippen LogP contribution in [0.1, 0.15) is 19.4 Å². The van der Waals surface area contributed by atoms with Crippen molar-refractivity contribution in [2.45, 2.75) is 31.0 Å². The quantitative estimate of drug-likeness (QED) is 0.485. The van der Waals surface area contributed by atoms with Gasteiger partial charge >= 0.3 is 6.18 Å². The minimum atomic E-state index is -4.44. The van der Waals surface area contributed by atoms with E-state index in [0.717, 1.165) is 12.1 Å². The van der Waals surface area contributed by atoms with Crippen molar-refractivity contribution >= 4 is 27.5 Å². The zero-order chi connectivity index (χ0) is 23.9. The van der Waals surface area contributed by atoms with Crippen LogP contribution in [-0.4, -0.2) is 39.4 Å². The van der Waals surface area contributed by atoms with Crippen molar-refractivity contribution in [3.8, 4) is 5.75 Å². The summed E-state index contributed by atoms with van der Waals surface area (Å²) in [7, 11) is -3.99. The average Bonchev–Trinajstić information content (AvgIpc) is 2.70. The smallest absolute Gasteiger partial charge is 0.416 e. The number of carbonyl (C=O) groups is 2. The molecule has 0 aromatic heterocycles. The number of hydrogen-bond donors (Lipinski definition) is 3. The fourth-order valence-electron chi connectivity index (χ4n) is 2.51. The van der Waals surface area contributed by atoms with Gasteiger partial charge in [0, 0.05) is 12.6 Å². The maximum Gasteiger partial charge on any atom is 0.416 e. The van der Waals surface area contributed by atoms with E-state index in [2.05, 4.69) is 15.4 Å². The monoisotopic (exact) mass is 473 g/mol. The van der Waals surface area contributed by atoms with Crippen molar-refractivity contribution in [2.75, 3.05) is 18.5 Å². The molecule has 0 aliphatic carbocycles. The van der Waals surface area contributed by atoms with Gasteiger partial charge in [0.1, 0.15) is 12.4 Å². The second kappa shape index (κ2) is 10.5. The van der Waals surface area contributed by atoms with Crippen LogP contribution >= 0.6 is 0 Å². The lowest BCUT2D eigenvalue weighted by Gasteiger charge is -2.15. The Hall–Kier alpha value is -3.12. The molecule has 0 fully saturated rings. The van der Waals surface area contributed by atoms with Gasteiger partial charge in [-0.2, -0.15) is 17.9 Å². The topological polar surface area (TPSA) is 114 Å². The molecule has 0 bridgehead atoms. The summed E-state index contributed by atoms with van der Waals surface area (Å²) in [6, 6.07) is 8.41. The summed E-state index contributed by atoms with van der Waals surface area (Å²) < 4.78 is 69.9. The van der Waals surface area contributed by atoms with Gasteiger partial charge in [-0.1, -0.05) is 0 Å². The Morgan fingerprint density at radius 1 is 1.03 bits per heavy atom. The largest absolute Gasteiger partial charge is 0.492 e. The van der Waals surface area contributed by atoms with Crippen LogP contribution in [0.5, 0.6) is 5.75 Å². The van der Waals surface area contributed by atoms with Gasteiger partial charge in [0.25, 0.3) is 0 Å². The van der Waals surface area contributed by atoms with Crippen LogP contribution < -0.4 is 20.1 Å². The standard InChI is InChI=1S/C20H22F3N3O5S/c1-13(26-32(29,30)18-9-5-16(6-10-18)25-14(2)27)19(28)24-11-12-31-17-7-3-15(4-8-17)20(21,22)23/h3-10,13,26H,11-12H2,1-2H3,(H,24,28)(H,25,27)/t13-/m0/s1. The second-order valence-electron chi connectivity index (χ2n) is 6.71. The molecule has 0 heterocycles. The third-order valence-electron chi connectivity index (χ3n) is 4.06. The maximum absolute atomic E-state index is 12.5. The minimum absolute atomic E-state index is 0.0112. The summed E-state index contributed by atoms with van der Waals surface area (Å²) in [5.74, 6) is -0.713. The molecule has 0 saturated carbocycles. The lowest BCUT2D eigenvalue weighted by atomic mass is 10.2. The SMILES string of the molecule is CC(=O)Nc1ccc(S(=O)(=O)N[C@@H](C)C(=O)NCCOc2ccc(C(F)(F)F)cc2)cc1. The maximum atomic E-state index is 12.5. The van der Waals surface area contributed by atoms with Crippen LogP contribution in [0.25, 0.3) is 0 Å². The highest BCUT2D eigenvalue weighted by atomic mass is 32.2. The Labute approximate surface area is 183 Å². The molecule has 12 heteroatoms. The number of carbonyl (C=O) groups excluding carboxylic acids is 2. The third-order valence-corrected chi connectivity index (χ3v) is 5.62. The molecule has 2 aromatic rings. The van der Waals surface area contributed by atoms with E-state index in [4.69, 9.17) is 4.74 Å². The van der Waals surface area contributed by atoms with Gasteiger partial charge < -0.3 is 15.4 Å². The molecule has 0 aliphatic heterocycles. The Kier molecular flexibility index (Phi) is 8.22. The highest BCUT2D eigenvalue weighted by molar-refractivity contribution is 7.89. The lowest BCUT2D eigenvalue weighted by Crippen LogP contribution is -2.45. The summed E-state index contributed by atoms with van der Waals surface area (Å²) in [6.07, 6.45) is -4.44. The fourth-order valence-corrected chi connectivity index (χ4v) is 3.71. The number of ether oxygens (including phenoxy) is 1. The van der Waals surface area contributed by atoms with Crippen molar-refractivity contribution in [3.63, 3.8) is 0 Å². The van der Waals surface area contributed by atoms with Crippen molar-refractivity contribution < 1.29 is 35.9 Å². The van der Waals surface area contributed by atoms with E-state index in [1.165, 1.54) is 50.2 Å². The number of nitrogens with one attached hydrogen (secondary N) is 3. The number of alkyl halides is 3. The summed E-state index contributed by atoms with van der Waals surface area (Å²) in [6.45, 7) is 2.66. The van der Waals surface area contributed by atoms with Crippen LogP contribution in [0, 0.1) is 0 Å². The van der Waals surface area contributed by atoms with Gasteiger partial charge in [0.05, 0.1) is 23.0 Å². The van der Waals surface area contributed by atoms with E-state index in [1.807, 2.05) is 0 Å². The lowest BCUT2D eigenvalue weighted by molar-refractivity contribution is -0.137. The highest BCUT2D eigenvalue weighted by Crippen LogP contribution is 2.30. The van der Waals surface area contributed by atoms with Gasteiger partial charge in [-0.3, -0.25) is 9.59 Å². The molecule has 2 amide bonds. The predicted molar refractivity (Wildman–Crippen MR) is 110 cm³/mol. The molecular formula is C20H22F3N3O5S. The third kappa shape index (κ3) is 7.54. The Balaban J connectivity index is 1.81. The van der Waals surface area contributed by atoms with E-state index in [0.29, 0.717) is 5.69 Å². The first-order chi connectivity index (χ1) is 14.9. The first-order valence-electron chi connectivity index (χ1n) is 9.36. The molecule has 2 aromatic carbocycles. The number of hydrogen-bond acceptors (Lipinski definition) is 5. The number of halogens is 3. The summed E-state index contributed by atoms with van der Waals surface area (Å²) >= 11 is 0. The molecule has 0 unspecified atom stereocenters. The Morgan fingerprint density at radius 3 is 2.16 bits per heavy atom. The molecule has 8 nitrogen and oxygen atoms in total. The van der Waals surface area contributed by atoms with E-state index >= 15 is 0 Å². The van der Waals surface area contributed by atoms with Gasteiger partial charge in [-0.05, 0) is 55.5 Å². The van der Waals surface area contributed by atoms with E-state index in [9.17, 15) is 31.2 Å². The highest BCUT2D eigenvalue weighted by Gasteiger charge is 2.30. The van der Waals surface area contributed by atoms with Crippen molar-refractivity contribution in [1.82, 2.24) is 10.0 Å². The van der Waals surface area contributed by atoms with Crippen LogP contribution in [-0.2, 0) is 25.8 Å².